The molecule has 0 aromatic carbocycles. The topological polar surface area (TPSA) is 37.3 Å². The Bertz CT molecular complexity index is 82.9. The maximum absolute atomic E-state index is 10.0. The SMILES string of the molecule is CC(C)(C)C(=O)O.[Rh]. The van der Waals surface area contributed by atoms with Crippen LogP contribution in [0.2, 0.25) is 0 Å². The molecule has 0 aliphatic rings. The van der Waals surface area contributed by atoms with E-state index in [-0.39, 0.29) is 19.5 Å². The van der Waals surface area contributed by atoms with Crippen molar-refractivity contribution >= 4 is 5.97 Å². The molecule has 1 radical (unpaired) electrons. The zero-order valence-electron chi connectivity index (χ0n) is 5.19. The molecular weight excluding hydrogens is 195 g/mol. The average molecular weight is 205 g/mol. The molecule has 0 saturated heterocycles. The quantitative estimate of drug-likeness (QED) is 0.601. The third-order valence-electron chi connectivity index (χ3n) is 0.642. The normalized spacial score (nSPS) is 9.88. The van der Waals surface area contributed by atoms with Crippen molar-refractivity contribution in [2.75, 3.05) is 0 Å². The van der Waals surface area contributed by atoms with Crippen LogP contribution in [-0.2, 0) is 24.3 Å². The third-order valence-corrected chi connectivity index (χ3v) is 0.642. The van der Waals surface area contributed by atoms with Gasteiger partial charge in [-0.2, -0.15) is 0 Å². The van der Waals surface area contributed by atoms with Crippen LogP contribution in [0, 0.1) is 5.41 Å². The van der Waals surface area contributed by atoms with E-state index in [1.165, 1.54) is 0 Å². The van der Waals surface area contributed by atoms with Crippen LogP contribution in [0.4, 0.5) is 0 Å². The monoisotopic (exact) mass is 205 g/mol. The van der Waals surface area contributed by atoms with Crippen LogP contribution in [-0.4, -0.2) is 11.1 Å². The standard InChI is InChI=1S/C5H10O2.Rh/c1-5(2,3)4(6)7;/h1-3H3,(H,6,7);. The number of rotatable bonds is 0. The summed E-state index contributed by atoms with van der Waals surface area (Å²) in [5.41, 5.74) is -0.583. The number of aliphatic carboxylic acids is 1. The maximum Gasteiger partial charge on any atom is 0.308 e. The van der Waals surface area contributed by atoms with E-state index < -0.39 is 11.4 Å². The minimum absolute atomic E-state index is 0. The molecule has 2 nitrogen and oxygen atoms in total. The van der Waals surface area contributed by atoms with E-state index >= 15 is 0 Å². The minimum atomic E-state index is -0.757. The van der Waals surface area contributed by atoms with Crippen LogP contribution in [0.25, 0.3) is 0 Å². The predicted molar refractivity (Wildman–Crippen MR) is 27.1 cm³/mol. The Labute approximate surface area is 62.0 Å². The summed E-state index contributed by atoms with van der Waals surface area (Å²) < 4.78 is 0. The summed E-state index contributed by atoms with van der Waals surface area (Å²) in [6.45, 7) is 4.99. The van der Waals surface area contributed by atoms with Gasteiger partial charge in [-0.15, -0.1) is 0 Å². The van der Waals surface area contributed by atoms with Gasteiger partial charge >= 0.3 is 5.97 Å². The van der Waals surface area contributed by atoms with Gasteiger partial charge in [0, 0.05) is 19.5 Å². The van der Waals surface area contributed by atoms with Gasteiger partial charge in [-0.25, -0.2) is 0 Å². The summed E-state index contributed by atoms with van der Waals surface area (Å²) in [5, 5.41) is 8.25. The first-order valence-corrected chi connectivity index (χ1v) is 2.18. The minimum Gasteiger partial charge on any atom is -0.481 e. The molecule has 0 bridgehead atoms. The van der Waals surface area contributed by atoms with Crippen LogP contribution in [0.15, 0.2) is 0 Å². The van der Waals surface area contributed by atoms with E-state index in [0.29, 0.717) is 0 Å². The number of carboxylic acid groups (broad SMARTS) is 1. The van der Waals surface area contributed by atoms with Crippen LogP contribution < -0.4 is 0 Å². The Morgan fingerprint density at radius 2 is 1.50 bits per heavy atom. The van der Waals surface area contributed by atoms with Crippen molar-refractivity contribution in [2.24, 2.45) is 5.41 Å². The second-order valence-corrected chi connectivity index (χ2v) is 2.56. The van der Waals surface area contributed by atoms with Gasteiger partial charge in [-0.3, -0.25) is 4.79 Å². The maximum atomic E-state index is 10.0. The largest absolute Gasteiger partial charge is 0.481 e. The van der Waals surface area contributed by atoms with Gasteiger partial charge in [0.1, 0.15) is 0 Å². The summed E-state index contributed by atoms with van der Waals surface area (Å²) in [4.78, 5) is 10.0. The van der Waals surface area contributed by atoms with Crippen molar-refractivity contribution in [3.63, 3.8) is 0 Å². The molecule has 0 unspecified atom stereocenters. The molecule has 0 rings (SSSR count). The first-order valence-electron chi connectivity index (χ1n) is 2.18. The molecule has 0 aromatic heterocycles. The van der Waals surface area contributed by atoms with Crippen molar-refractivity contribution < 1.29 is 29.4 Å². The molecule has 1 N–H and O–H groups in total. The smallest absolute Gasteiger partial charge is 0.308 e. The third kappa shape index (κ3) is 4.26. The predicted octanol–water partition coefficient (Wildman–Crippen LogP) is 1.11. The number of carbonyl (C=O) groups is 1. The summed E-state index contributed by atoms with van der Waals surface area (Å²) in [6, 6.07) is 0. The van der Waals surface area contributed by atoms with Crippen molar-refractivity contribution in [1.29, 1.82) is 0 Å². The molecule has 0 fully saturated rings. The molecule has 0 aliphatic carbocycles. The van der Waals surface area contributed by atoms with Crippen LogP contribution in [0.3, 0.4) is 0 Å². The Kier molecular flexibility index (Phi) is 4.37. The zero-order valence-corrected chi connectivity index (χ0v) is 6.83. The summed E-state index contributed by atoms with van der Waals surface area (Å²) >= 11 is 0. The summed E-state index contributed by atoms with van der Waals surface area (Å²) in [7, 11) is 0. The summed E-state index contributed by atoms with van der Waals surface area (Å²) in [6.07, 6.45) is 0. The fraction of sp³-hybridized carbons (Fsp3) is 0.800. The van der Waals surface area contributed by atoms with Gasteiger partial charge in [0.05, 0.1) is 5.41 Å². The molecule has 0 saturated carbocycles. The number of hydrogen-bond donors (Lipinski definition) is 1. The van der Waals surface area contributed by atoms with Crippen molar-refractivity contribution in [3.8, 4) is 0 Å². The van der Waals surface area contributed by atoms with E-state index in [4.69, 9.17) is 5.11 Å². The molecule has 8 heavy (non-hydrogen) atoms. The van der Waals surface area contributed by atoms with E-state index in [0.717, 1.165) is 0 Å². The second kappa shape index (κ2) is 3.19. The number of hydrogen-bond acceptors (Lipinski definition) is 1. The fourth-order valence-electron chi connectivity index (χ4n) is 0. The van der Waals surface area contributed by atoms with E-state index in [1.807, 2.05) is 0 Å². The van der Waals surface area contributed by atoms with Gasteiger partial charge < -0.3 is 5.11 Å². The van der Waals surface area contributed by atoms with Crippen LogP contribution >= 0.6 is 0 Å². The zero-order chi connectivity index (χ0) is 6.08. The molecule has 0 heterocycles. The average Bonchev–Trinajstić information content (AvgIpc) is 1.31. The van der Waals surface area contributed by atoms with E-state index in [2.05, 4.69) is 0 Å². The van der Waals surface area contributed by atoms with Gasteiger partial charge in [0.15, 0.2) is 0 Å². The van der Waals surface area contributed by atoms with Crippen LogP contribution in [0.1, 0.15) is 20.8 Å². The van der Waals surface area contributed by atoms with Crippen molar-refractivity contribution in [2.45, 2.75) is 20.8 Å². The Balaban J connectivity index is 0. The number of carboxylic acids is 1. The Morgan fingerprint density at radius 3 is 1.50 bits per heavy atom. The van der Waals surface area contributed by atoms with Gasteiger partial charge in [-0.05, 0) is 20.8 Å². The van der Waals surface area contributed by atoms with Crippen molar-refractivity contribution in [1.82, 2.24) is 0 Å². The summed E-state index contributed by atoms with van der Waals surface area (Å²) in [5.74, 6) is -0.757. The molecule has 51 valence electrons. The molecule has 0 aliphatic heterocycles. The first-order chi connectivity index (χ1) is 2.94. The molecule has 0 aromatic rings. The molecule has 0 atom stereocenters. The van der Waals surface area contributed by atoms with Gasteiger partial charge in [0.2, 0.25) is 0 Å². The van der Waals surface area contributed by atoms with E-state index in [9.17, 15) is 4.79 Å². The van der Waals surface area contributed by atoms with Crippen LogP contribution in [0.5, 0.6) is 0 Å². The molecule has 3 heteroatoms. The molecular formula is C5H10O2Rh. The first kappa shape index (κ1) is 11.0. The molecule has 0 amide bonds. The van der Waals surface area contributed by atoms with Gasteiger partial charge in [0.25, 0.3) is 0 Å². The van der Waals surface area contributed by atoms with E-state index in [1.54, 1.807) is 20.8 Å². The van der Waals surface area contributed by atoms with Gasteiger partial charge in [-0.1, -0.05) is 0 Å². The Morgan fingerprint density at radius 1 is 1.38 bits per heavy atom. The molecule has 0 spiro atoms. The fourth-order valence-corrected chi connectivity index (χ4v) is 0. The Hall–Kier alpha value is 0.0934. The second-order valence-electron chi connectivity index (χ2n) is 2.56. The van der Waals surface area contributed by atoms with Crippen molar-refractivity contribution in [3.05, 3.63) is 0 Å².